The lowest BCUT2D eigenvalue weighted by atomic mass is 9.98. The van der Waals surface area contributed by atoms with Gasteiger partial charge in [-0.05, 0) is 24.7 Å². The molecule has 2 saturated heterocycles. The van der Waals surface area contributed by atoms with Crippen LogP contribution < -0.4 is 5.32 Å². The smallest absolute Gasteiger partial charge is 0.252 e. The van der Waals surface area contributed by atoms with Crippen molar-refractivity contribution in [3.63, 3.8) is 0 Å². The van der Waals surface area contributed by atoms with E-state index < -0.39 is 6.10 Å². The summed E-state index contributed by atoms with van der Waals surface area (Å²) in [6.45, 7) is 3.11. The first-order valence-electron chi connectivity index (χ1n) is 8.43. The summed E-state index contributed by atoms with van der Waals surface area (Å²) in [5, 5.41) is 3.09. The van der Waals surface area contributed by atoms with Crippen LogP contribution in [0, 0.1) is 0 Å². The molecule has 1 amide bonds. The van der Waals surface area contributed by atoms with Crippen LogP contribution in [-0.2, 0) is 19.0 Å². The van der Waals surface area contributed by atoms with Crippen LogP contribution in [0.4, 0.5) is 0 Å². The topological polar surface area (TPSA) is 56.8 Å². The summed E-state index contributed by atoms with van der Waals surface area (Å²) in [5.41, 5.74) is 0.975. The summed E-state index contributed by atoms with van der Waals surface area (Å²) in [6.07, 6.45) is 3.07. The fourth-order valence-electron chi connectivity index (χ4n) is 3.20. The molecule has 3 rings (SSSR count). The third-order valence-electron chi connectivity index (χ3n) is 4.76. The maximum absolute atomic E-state index is 12.7. The highest BCUT2D eigenvalue weighted by atomic mass is 32.2. The number of benzene rings is 1. The number of thioether (sulfide) groups is 1. The first-order valence-corrected chi connectivity index (χ1v) is 9.65. The lowest BCUT2D eigenvalue weighted by Crippen LogP contribution is -2.50. The summed E-state index contributed by atoms with van der Waals surface area (Å²) >= 11 is 1.81. The predicted octanol–water partition coefficient (Wildman–Crippen LogP) is 2.17. The Kier molecular flexibility index (Phi) is 6.16. The van der Waals surface area contributed by atoms with Crippen LogP contribution in [0.5, 0.6) is 0 Å². The largest absolute Gasteiger partial charge is 0.381 e. The molecule has 0 bridgehead atoms. The third-order valence-corrected chi connectivity index (χ3v) is 6.18. The van der Waals surface area contributed by atoms with E-state index in [0.717, 1.165) is 31.6 Å². The van der Waals surface area contributed by atoms with Gasteiger partial charge in [0.1, 0.15) is 6.10 Å². The monoisotopic (exact) mass is 351 g/mol. The molecule has 0 spiro atoms. The minimum atomic E-state index is -0.597. The number of amides is 1. The van der Waals surface area contributed by atoms with Crippen molar-refractivity contribution in [2.45, 2.75) is 29.8 Å². The van der Waals surface area contributed by atoms with Gasteiger partial charge in [-0.15, -0.1) is 0 Å². The van der Waals surface area contributed by atoms with E-state index in [0.29, 0.717) is 19.8 Å². The molecule has 0 aliphatic carbocycles. The Labute approximate surface area is 147 Å². The van der Waals surface area contributed by atoms with Crippen molar-refractivity contribution in [1.29, 1.82) is 0 Å². The first-order chi connectivity index (χ1) is 11.7. The zero-order valence-electron chi connectivity index (χ0n) is 14.0. The number of ether oxygens (including phenoxy) is 3. The summed E-state index contributed by atoms with van der Waals surface area (Å²) in [4.78, 5) is 12.7. The molecular formula is C18H25NO4S. The van der Waals surface area contributed by atoms with E-state index in [1.807, 2.05) is 42.1 Å². The van der Waals surface area contributed by atoms with Gasteiger partial charge in [0.2, 0.25) is 0 Å². The Bertz CT molecular complexity index is 533. The molecule has 132 valence electrons. The van der Waals surface area contributed by atoms with Crippen LogP contribution in [0.3, 0.4) is 0 Å². The summed E-state index contributed by atoms with van der Waals surface area (Å²) < 4.78 is 17.1. The van der Waals surface area contributed by atoms with Gasteiger partial charge in [0.25, 0.3) is 5.91 Å². The first kappa shape index (κ1) is 17.7. The van der Waals surface area contributed by atoms with Crippen LogP contribution in [0.15, 0.2) is 30.3 Å². The maximum Gasteiger partial charge on any atom is 0.252 e. The van der Waals surface area contributed by atoms with E-state index in [1.165, 1.54) is 0 Å². The van der Waals surface area contributed by atoms with Crippen molar-refractivity contribution < 1.29 is 19.0 Å². The second-order valence-corrected chi connectivity index (χ2v) is 7.49. The Hall–Kier alpha value is -1.08. The van der Waals surface area contributed by atoms with Crippen molar-refractivity contribution in [1.82, 2.24) is 5.32 Å². The molecule has 2 aliphatic heterocycles. The van der Waals surface area contributed by atoms with E-state index in [-0.39, 0.29) is 16.8 Å². The van der Waals surface area contributed by atoms with Crippen molar-refractivity contribution in [3.05, 3.63) is 35.9 Å². The van der Waals surface area contributed by atoms with E-state index in [4.69, 9.17) is 14.2 Å². The lowest BCUT2D eigenvalue weighted by molar-refractivity contribution is -0.166. The SMILES string of the molecule is CSC1(CNC(=O)[C@@H]2OCCO[C@@H]2c2ccccc2)CCOCC1. The highest BCUT2D eigenvalue weighted by Crippen LogP contribution is 2.33. The summed E-state index contributed by atoms with van der Waals surface area (Å²) in [7, 11) is 0. The van der Waals surface area contributed by atoms with Gasteiger partial charge >= 0.3 is 0 Å². The Morgan fingerprint density at radius 2 is 1.88 bits per heavy atom. The molecule has 0 radical (unpaired) electrons. The molecule has 2 aliphatic rings. The van der Waals surface area contributed by atoms with Gasteiger partial charge in [-0.1, -0.05) is 30.3 Å². The van der Waals surface area contributed by atoms with Crippen molar-refractivity contribution in [3.8, 4) is 0 Å². The third kappa shape index (κ3) is 4.11. The molecule has 0 unspecified atom stereocenters. The fraction of sp³-hybridized carbons (Fsp3) is 0.611. The second-order valence-electron chi connectivity index (χ2n) is 6.21. The van der Waals surface area contributed by atoms with Gasteiger partial charge in [-0.25, -0.2) is 0 Å². The highest BCUT2D eigenvalue weighted by Gasteiger charge is 2.37. The molecule has 6 heteroatoms. The van der Waals surface area contributed by atoms with E-state index in [1.54, 1.807) is 0 Å². The number of carbonyl (C=O) groups excluding carboxylic acids is 1. The van der Waals surface area contributed by atoms with E-state index >= 15 is 0 Å². The molecule has 2 atom stereocenters. The minimum absolute atomic E-state index is 0.0612. The standard InChI is InChI=1S/C18H25NO4S/c1-24-18(7-9-21-10-8-18)13-19-17(20)16-15(22-11-12-23-16)14-5-3-2-4-6-14/h2-6,15-16H,7-13H2,1H3,(H,19,20)/t15-,16-/m1/s1. The van der Waals surface area contributed by atoms with E-state index in [9.17, 15) is 4.79 Å². The van der Waals surface area contributed by atoms with Crippen molar-refractivity contribution in [2.24, 2.45) is 0 Å². The summed E-state index contributed by atoms with van der Waals surface area (Å²) in [6, 6.07) is 9.80. The molecule has 1 aromatic carbocycles. The van der Waals surface area contributed by atoms with Gasteiger partial charge in [-0.3, -0.25) is 4.79 Å². The van der Waals surface area contributed by atoms with Crippen molar-refractivity contribution >= 4 is 17.7 Å². The Morgan fingerprint density at radius 3 is 2.58 bits per heavy atom. The van der Waals surface area contributed by atoms with Crippen LogP contribution >= 0.6 is 11.8 Å². The molecule has 1 aromatic rings. The molecule has 24 heavy (non-hydrogen) atoms. The predicted molar refractivity (Wildman–Crippen MR) is 94.2 cm³/mol. The molecule has 2 fully saturated rings. The molecule has 1 N–H and O–H groups in total. The highest BCUT2D eigenvalue weighted by molar-refractivity contribution is 8.00. The number of hydrogen-bond acceptors (Lipinski definition) is 5. The van der Waals surface area contributed by atoms with E-state index in [2.05, 4.69) is 11.6 Å². The van der Waals surface area contributed by atoms with Gasteiger partial charge in [0.05, 0.1) is 13.2 Å². The lowest BCUT2D eigenvalue weighted by Gasteiger charge is -2.37. The maximum atomic E-state index is 12.7. The quantitative estimate of drug-likeness (QED) is 0.881. The zero-order valence-corrected chi connectivity index (χ0v) is 14.8. The number of nitrogens with one attached hydrogen (secondary N) is 1. The fourth-order valence-corrected chi connectivity index (χ4v) is 3.99. The molecule has 0 aromatic heterocycles. The average molecular weight is 351 g/mol. The number of hydrogen-bond donors (Lipinski definition) is 1. The number of rotatable bonds is 5. The molecular weight excluding hydrogens is 326 g/mol. The van der Waals surface area contributed by atoms with Crippen molar-refractivity contribution in [2.75, 3.05) is 39.2 Å². The Morgan fingerprint density at radius 1 is 1.17 bits per heavy atom. The van der Waals surface area contributed by atoms with Gasteiger partial charge in [0, 0.05) is 24.5 Å². The van der Waals surface area contributed by atoms with Crippen LogP contribution in [0.2, 0.25) is 0 Å². The second kappa shape index (κ2) is 8.34. The van der Waals surface area contributed by atoms with Gasteiger partial charge in [-0.2, -0.15) is 11.8 Å². The van der Waals surface area contributed by atoms with Crippen LogP contribution in [-0.4, -0.2) is 56.0 Å². The molecule has 5 nitrogen and oxygen atoms in total. The van der Waals surface area contributed by atoms with Crippen LogP contribution in [0.25, 0.3) is 0 Å². The minimum Gasteiger partial charge on any atom is -0.381 e. The summed E-state index contributed by atoms with van der Waals surface area (Å²) in [5.74, 6) is -0.0940. The normalized spacial score (nSPS) is 26.7. The van der Waals surface area contributed by atoms with Gasteiger partial charge < -0.3 is 19.5 Å². The number of carbonyl (C=O) groups is 1. The Balaban J connectivity index is 1.64. The average Bonchev–Trinajstić information content (AvgIpc) is 2.67. The zero-order chi connectivity index (χ0) is 16.8. The van der Waals surface area contributed by atoms with Gasteiger partial charge in [0.15, 0.2) is 6.10 Å². The molecule has 2 heterocycles. The molecule has 0 saturated carbocycles. The van der Waals surface area contributed by atoms with Crippen LogP contribution in [0.1, 0.15) is 24.5 Å².